The van der Waals surface area contributed by atoms with Crippen molar-refractivity contribution in [2.24, 2.45) is 16.6 Å². The van der Waals surface area contributed by atoms with Crippen molar-refractivity contribution in [1.29, 1.82) is 5.26 Å². The van der Waals surface area contributed by atoms with Crippen LogP contribution < -0.4 is 10.6 Å². The Balaban J connectivity index is 1.64. The molecule has 28 heavy (non-hydrogen) atoms. The summed E-state index contributed by atoms with van der Waals surface area (Å²) in [6.07, 6.45) is 2.70. The number of carbonyl (C=O) groups excluding carboxylic acids is 1. The Kier molecular flexibility index (Phi) is 4.55. The van der Waals surface area contributed by atoms with Gasteiger partial charge in [-0.2, -0.15) is 5.26 Å². The molecule has 0 atom stereocenters. The first kappa shape index (κ1) is 18.8. The summed E-state index contributed by atoms with van der Waals surface area (Å²) >= 11 is 0. The van der Waals surface area contributed by atoms with Gasteiger partial charge in [-0.3, -0.25) is 4.79 Å². The summed E-state index contributed by atoms with van der Waals surface area (Å²) in [5.41, 5.74) is 7.97. The van der Waals surface area contributed by atoms with Crippen LogP contribution in [0.1, 0.15) is 45.1 Å². The zero-order valence-corrected chi connectivity index (χ0v) is 16.7. The third kappa shape index (κ3) is 3.12. The molecule has 0 radical (unpaired) electrons. The lowest BCUT2D eigenvalue weighted by molar-refractivity contribution is -0.920. The van der Waals surface area contributed by atoms with E-state index in [1.54, 1.807) is 0 Å². The van der Waals surface area contributed by atoms with E-state index < -0.39 is 5.41 Å². The summed E-state index contributed by atoms with van der Waals surface area (Å²) in [6, 6.07) is 12.7. The van der Waals surface area contributed by atoms with Crippen molar-refractivity contribution in [3.63, 3.8) is 0 Å². The summed E-state index contributed by atoms with van der Waals surface area (Å²) in [5.74, 6) is 1.01. The highest BCUT2D eigenvalue weighted by Gasteiger charge is 2.53. The number of ketones is 1. The number of rotatable bonds is 2. The van der Waals surface area contributed by atoms with E-state index in [0.717, 1.165) is 38.0 Å². The smallest absolute Gasteiger partial charge is 0.205 e. The van der Waals surface area contributed by atoms with Crippen LogP contribution in [0.25, 0.3) is 0 Å². The van der Waals surface area contributed by atoms with Crippen molar-refractivity contribution >= 4 is 5.78 Å². The quantitative estimate of drug-likeness (QED) is 0.827. The molecule has 0 aromatic heterocycles. The van der Waals surface area contributed by atoms with E-state index in [9.17, 15) is 10.1 Å². The van der Waals surface area contributed by atoms with E-state index in [4.69, 9.17) is 10.5 Å². The number of hydrogen-bond donors (Lipinski definition) is 2. The van der Waals surface area contributed by atoms with E-state index in [1.807, 2.05) is 6.07 Å². The first-order valence-electron chi connectivity index (χ1n) is 10.1. The van der Waals surface area contributed by atoms with Gasteiger partial charge in [-0.15, -0.1) is 0 Å². The lowest BCUT2D eigenvalue weighted by Gasteiger charge is -2.46. The van der Waals surface area contributed by atoms with E-state index >= 15 is 0 Å². The van der Waals surface area contributed by atoms with Gasteiger partial charge in [-0.05, 0) is 5.41 Å². The number of nitrogens with one attached hydrogen (secondary N) is 1. The maximum absolute atomic E-state index is 13.1. The van der Waals surface area contributed by atoms with Gasteiger partial charge in [-0.25, -0.2) is 0 Å². The zero-order chi connectivity index (χ0) is 19.9. The number of nitrogens with two attached hydrogens (primary N) is 1. The van der Waals surface area contributed by atoms with E-state index in [0.29, 0.717) is 24.2 Å². The van der Waals surface area contributed by atoms with Crippen molar-refractivity contribution in [2.75, 3.05) is 13.1 Å². The topological polar surface area (TPSA) is 80.5 Å². The van der Waals surface area contributed by atoms with Gasteiger partial charge in [0.1, 0.15) is 23.9 Å². The highest BCUT2D eigenvalue weighted by atomic mass is 16.5. The Bertz CT molecular complexity index is 898. The zero-order valence-electron chi connectivity index (χ0n) is 16.7. The second-order valence-electron chi connectivity index (χ2n) is 9.19. The molecule has 5 nitrogen and oxygen atoms in total. The van der Waals surface area contributed by atoms with Crippen LogP contribution in [0.15, 0.2) is 53.1 Å². The number of nitrogens with zero attached hydrogens (tertiary/aromatic N) is 1. The molecule has 1 spiro atoms. The Morgan fingerprint density at radius 2 is 1.86 bits per heavy atom. The number of carbonyl (C=O) groups is 1. The molecule has 1 aromatic rings. The molecule has 146 valence electrons. The first-order valence-corrected chi connectivity index (χ1v) is 10.1. The maximum atomic E-state index is 13.1. The summed E-state index contributed by atoms with van der Waals surface area (Å²) in [6.45, 7) is 6.93. The molecule has 0 amide bonds. The third-order valence-corrected chi connectivity index (χ3v) is 6.49. The summed E-state index contributed by atoms with van der Waals surface area (Å²) in [7, 11) is 0. The summed E-state index contributed by atoms with van der Waals surface area (Å²) in [5, 5.41) is 9.85. The minimum Gasteiger partial charge on any atom is -0.444 e. The van der Waals surface area contributed by atoms with Crippen molar-refractivity contribution in [1.82, 2.24) is 0 Å². The molecule has 2 heterocycles. The van der Waals surface area contributed by atoms with Gasteiger partial charge < -0.3 is 15.4 Å². The van der Waals surface area contributed by atoms with Crippen molar-refractivity contribution < 1.29 is 14.4 Å². The molecule has 1 aliphatic carbocycles. The number of hydrogen-bond acceptors (Lipinski definition) is 4. The van der Waals surface area contributed by atoms with Gasteiger partial charge in [0.05, 0.1) is 18.5 Å². The number of fused-ring (bicyclic) bond motifs is 1. The fourth-order valence-electron chi connectivity index (χ4n) is 5.18. The molecule has 1 aromatic carbocycles. The fourth-order valence-corrected chi connectivity index (χ4v) is 5.18. The Labute approximate surface area is 166 Å². The fraction of sp³-hybridized carbons (Fsp3) is 0.478. The van der Waals surface area contributed by atoms with Crippen molar-refractivity contribution in [3.05, 3.63) is 58.7 Å². The SMILES string of the molecule is CC1(C)CC(=O)C2=C(C1)OC(N)=C(C#N)C21CC[NH+](Cc2ccccc2)CC1. The molecule has 2 aliphatic heterocycles. The minimum atomic E-state index is -0.569. The lowest BCUT2D eigenvalue weighted by Crippen LogP contribution is -3.12. The molecular weight excluding hydrogens is 350 g/mol. The normalized spacial score (nSPS) is 29.3. The third-order valence-electron chi connectivity index (χ3n) is 6.49. The monoisotopic (exact) mass is 378 g/mol. The molecule has 1 fully saturated rings. The first-order chi connectivity index (χ1) is 13.3. The van der Waals surface area contributed by atoms with Crippen LogP contribution >= 0.6 is 0 Å². The maximum Gasteiger partial charge on any atom is 0.205 e. The second kappa shape index (κ2) is 6.79. The van der Waals surface area contributed by atoms with Gasteiger partial charge in [0.2, 0.25) is 5.88 Å². The van der Waals surface area contributed by atoms with Crippen LogP contribution in [0, 0.1) is 22.2 Å². The number of allylic oxidation sites excluding steroid dienone is 3. The number of quaternary nitrogens is 1. The van der Waals surface area contributed by atoms with Crippen LogP contribution in [0.2, 0.25) is 0 Å². The van der Waals surface area contributed by atoms with Crippen LogP contribution in [0.4, 0.5) is 0 Å². The average Bonchev–Trinajstić information content (AvgIpc) is 2.63. The number of ether oxygens (including phenoxy) is 1. The lowest BCUT2D eigenvalue weighted by atomic mass is 9.61. The molecule has 3 N–H and O–H groups in total. The highest BCUT2D eigenvalue weighted by Crippen LogP contribution is 2.53. The molecule has 1 saturated heterocycles. The van der Waals surface area contributed by atoms with Crippen molar-refractivity contribution in [3.8, 4) is 6.07 Å². The van der Waals surface area contributed by atoms with Crippen LogP contribution in [0.5, 0.6) is 0 Å². The largest absolute Gasteiger partial charge is 0.444 e. The number of likely N-dealkylation sites (tertiary alicyclic amines) is 1. The van der Waals surface area contributed by atoms with Crippen molar-refractivity contribution in [2.45, 2.75) is 46.1 Å². The van der Waals surface area contributed by atoms with Gasteiger partial charge in [0.25, 0.3) is 0 Å². The van der Waals surface area contributed by atoms with Gasteiger partial charge in [0.15, 0.2) is 5.78 Å². The average molecular weight is 378 g/mol. The van der Waals surface area contributed by atoms with E-state index in [1.165, 1.54) is 10.5 Å². The molecule has 0 saturated carbocycles. The number of nitriles is 1. The number of benzene rings is 1. The predicted molar refractivity (Wildman–Crippen MR) is 105 cm³/mol. The van der Waals surface area contributed by atoms with Gasteiger partial charge in [0, 0.05) is 36.8 Å². The second-order valence-corrected chi connectivity index (χ2v) is 9.19. The molecule has 4 rings (SSSR count). The van der Waals surface area contributed by atoms with E-state index in [-0.39, 0.29) is 17.1 Å². The summed E-state index contributed by atoms with van der Waals surface area (Å²) < 4.78 is 5.84. The molecule has 0 bridgehead atoms. The minimum absolute atomic E-state index is 0.123. The van der Waals surface area contributed by atoms with Crippen LogP contribution in [-0.4, -0.2) is 18.9 Å². The molecule has 0 unspecified atom stereocenters. The summed E-state index contributed by atoms with van der Waals surface area (Å²) in [4.78, 5) is 14.6. The Morgan fingerprint density at radius 3 is 2.50 bits per heavy atom. The van der Waals surface area contributed by atoms with Gasteiger partial charge >= 0.3 is 0 Å². The predicted octanol–water partition coefficient (Wildman–Crippen LogP) is 2.22. The Morgan fingerprint density at radius 1 is 1.18 bits per heavy atom. The number of Topliss-reactive ketones (excluding diaryl/α,β-unsaturated/α-hetero) is 1. The number of piperidine rings is 1. The van der Waals surface area contributed by atoms with Crippen LogP contribution in [0.3, 0.4) is 0 Å². The highest BCUT2D eigenvalue weighted by molar-refractivity contribution is 5.99. The Hall–Kier alpha value is -2.58. The molecule has 3 aliphatic rings. The van der Waals surface area contributed by atoms with Crippen LogP contribution in [-0.2, 0) is 16.1 Å². The molecule has 5 heteroatoms. The molecular formula is C23H28N3O2+. The standard InChI is InChI=1S/C23H27N3O2/c1-22(2)12-18(27)20-19(13-22)28-21(25)17(14-24)23(20)8-10-26(11-9-23)15-16-6-4-3-5-7-16/h3-7H,8-13,15,25H2,1-2H3/p+1. The van der Waals surface area contributed by atoms with E-state index in [2.05, 4.69) is 44.2 Å². The van der Waals surface area contributed by atoms with Gasteiger partial charge in [-0.1, -0.05) is 44.2 Å².